The molecular formula is C11H16BrN5O2S. The summed E-state index contributed by atoms with van der Waals surface area (Å²) in [5.41, 5.74) is 0.501. The molecule has 0 saturated heterocycles. The van der Waals surface area contributed by atoms with Crippen LogP contribution in [-0.4, -0.2) is 34.5 Å². The van der Waals surface area contributed by atoms with E-state index in [0.29, 0.717) is 18.8 Å². The quantitative estimate of drug-likeness (QED) is 0.836. The van der Waals surface area contributed by atoms with Crippen molar-refractivity contribution in [2.24, 2.45) is 0 Å². The van der Waals surface area contributed by atoms with Gasteiger partial charge >= 0.3 is 0 Å². The minimum atomic E-state index is -3.53. The van der Waals surface area contributed by atoms with Crippen molar-refractivity contribution < 1.29 is 8.42 Å². The summed E-state index contributed by atoms with van der Waals surface area (Å²) in [6.45, 7) is 4.97. The molecule has 20 heavy (non-hydrogen) atoms. The Labute approximate surface area is 126 Å². The summed E-state index contributed by atoms with van der Waals surface area (Å²) in [7, 11) is -3.53. The minimum Gasteiger partial charge on any atom is -0.271 e. The predicted octanol–water partition coefficient (Wildman–Crippen LogP) is 1.15. The second-order valence-electron chi connectivity index (χ2n) is 4.25. The van der Waals surface area contributed by atoms with Gasteiger partial charge in [0.25, 0.3) is 0 Å². The van der Waals surface area contributed by atoms with E-state index in [1.165, 1.54) is 0 Å². The average Bonchev–Trinajstić information content (AvgIpc) is 2.95. The van der Waals surface area contributed by atoms with Gasteiger partial charge in [-0.2, -0.15) is 10.2 Å². The maximum Gasteiger partial charge on any atom is 0.244 e. The van der Waals surface area contributed by atoms with Crippen molar-refractivity contribution >= 4 is 26.0 Å². The van der Waals surface area contributed by atoms with E-state index in [1.54, 1.807) is 34.9 Å². The molecule has 0 radical (unpaired) electrons. The molecular weight excluding hydrogens is 346 g/mol. The number of nitrogens with one attached hydrogen (secondary N) is 1. The fraction of sp³-hybridized carbons (Fsp3) is 0.455. The average molecular weight is 362 g/mol. The van der Waals surface area contributed by atoms with Gasteiger partial charge in [-0.3, -0.25) is 9.36 Å². The summed E-state index contributed by atoms with van der Waals surface area (Å²) in [6.07, 6.45) is 4.99. The second kappa shape index (κ2) is 6.06. The Balaban J connectivity index is 2.01. The van der Waals surface area contributed by atoms with Crippen molar-refractivity contribution in [3.63, 3.8) is 0 Å². The van der Waals surface area contributed by atoms with Crippen LogP contribution in [0.2, 0.25) is 0 Å². The highest BCUT2D eigenvalue weighted by Crippen LogP contribution is 2.13. The van der Waals surface area contributed by atoms with Crippen LogP contribution in [0.1, 0.15) is 12.6 Å². The summed E-state index contributed by atoms with van der Waals surface area (Å²) < 4.78 is 31.0. The fourth-order valence-corrected chi connectivity index (χ4v) is 3.29. The lowest BCUT2D eigenvalue weighted by atomic mass is 10.5. The maximum atomic E-state index is 12.2. The van der Waals surface area contributed by atoms with Gasteiger partial charge in [0.15, 0.2) is 0 Å². The molecule has 0 aliphatic rings. The van der Waals surface area contributed by atoms with Crippen LogP contribution in [0.5, 0.6) is 0 Å². The first-order valence-electron chi connectivity index (χ1n) is 6.14. The van der Waals surface area contributed by atoms with E-state index >= 15 is 0 Å². The molecule has 0 saturated carbocycles. The van der Waals surface area contributed by atoms with Crippen molar-refractivity contribution in [1.82, 2.24) is 24.3 Å². The Morgan fingerprint density at radius 1 is 1.35 bits per heavy atom. The molecule has 110 valence electrons. The van der Waals surface area contributed by atoms with E-state index < -0.39 is 10.0 Å². The van der Waals surface area contributed by atoms with E-state index in [-0.39, 0.29) is 11.4 Å². The van der Waals surface area contributed by atoms with Crippen molar-refractivity contribution in [3.8, 4) is 0 Å². The van der Waals surface area contributed by atoms with Crippen LogP contribution in [-0.2, 0) is 23.1 Å². The highest BCUT2D eigenvalue weighted by atomic mass is 79.9. The first-order valence-corrected chi connectivity index (χ1v) is 8.41. The zero-order chi connectivity index (χ0) is 14.8. The molecule has 0 atom stereocenters. The van der Waals surface area contributed by atoms with Gasteiger partial charge in [0.05, 0.1) is 22.9 Å². The Kier molecular flexibility index (Phi) is 4.61. The Bertz CT molecular complexity index is 691. The molecule has 2 rings (SSSR count). The zero-order valence-corrected chi connectivity index (χ0v) is 13.6. The maximum absolute atomic E-state index is 12.2. The number of aromatic nitrogens is 4. The second-order valence-corrected chi connectivity index (χ2v) is 6.90. The van der Waals surface area contributed by atoms with Crippen LogP contribution >= 0.6 is 15.9 Å². The van der Waals surface area contributed by atoms with Crippen molar-refractivity contribution in [2.45, 2.75) is 31.8 Å². The molecule has 0 bridgehead atoms. The van der Waals surface area contributed by atoms with E-state index in [2.05, 4.69) is 30.8 Å². The molecule has 7 nitrogen and oxygen atoms in total. The number of sulfonamides is 1. The third kappa shape index (κ3) is 3.47. The third-order valence-corrected chi connectivity index (χ3v) is 4.72. The van der Waals surface area contributed by atoms with Crippen LogP contribution in [0.3, 0.4) is 0 Å². The van der Waals surface area contributed by atoms with Gasteiger partial charge in [0, 0.05) is 25.5 Å². The lowest BCUT2D eigenvalue weighted by Gasteiger charge is -2.05. The molecule has 0 fully saturated rings. The number of hydrogen-bond donors (Lipinski definition) is 1. The highest BCUT2D eigenvalue weighted by Gasteiger charge is 2.19. The summed E-state index contributed by atoms with van der Waals surface area (Å²) in [5, 5.41) is 8.20. The van der Waals surface area contributed by atoms with Gasteiger partial charge in [-0.1, -0.05) is 0 Å². The fourth-order valence-electron chi connectivity index (χ4n) is 1.76. The first-order chi connectivity index (χ1) is 9.42. The predicted molar refractivity (Wildman–Crippen MR) is 77.8 cm³/mol. The third-order valence-electron chi connectivity index (χ3n) is 2.75. The number of nitrogens with zero attached hydrogens (tertiary/aromatic N) is 4. The summed E-state index contributed by atoms with van der Waals surface area (Å²) >= 11 is 3.29. The van der Waals surface area contributed by atoms with Crippen LogP contribution in [0, 0.1) is 6.92 Å². The van der Waals surface area contributed by atoms with Crippen LogP contribution in [0.25, 0.3) is 0 Å². The SMILES string of the molecule is CCn1cc(S(=O)(=O)NCCn2cc(Br)cn2)c(C)n1. The van der Waals surface area contributed by atoms with E-state index in [1.807, 2.05) is 6.92 Å². The van der Waals surface area contributed by atoms with Crippen molar-refractivity contribution in [2.75, 3.05) is 6.54 Å². The largest absolute Gasteiger partial charge is 0.271 e. The monoisotopic (exact) mass is 361 g/mol. The van der Waals surface area contributed by atoms with E-state index in [0.717, 1.165) is 4.47 Å². The highest BCUT2D eigenvalue weighted by molar-refractivity contribution is 9.10. The lowest BCUT2D eigenvalue weighted by molar-refractivity contribution is 0.560. The van der Waals surface area contributed by atoms with Gasteiger partial charge in [-0.15, -0.1) is 0 Å². The van der Waals surface area contributed by atoms with E-state index in [9.17, 15) is 8.42 Å². The van der Waals surface area contributed by atoms with Crippen LogP contribution in [0.15, 0.2) is 28.0 Å². The molecule has 9 heteroatoms. The number of halogens is 1. The van der Waals surface area contributed by atoms with Gasteiger partial charge < -0.3 is 0 Å². The summed E-state index contributed by atoms with van der Waals surface area (Å²) in [6, 6.07) is 0. The smallest absolute Gasteiger partial charge is 0.244 e. The van der Waals surface area contributed by atoms with Crippen LogP contribution in [0.4, 0.5) is 0 Å². The van der Waals surface area contributed by atoms with Gasteiger partial charge in [0.1, 0.15) is 4.90 Å². The molecule has 1 N–H and O–H groups in total. The summed E-state index contributed by atoms with van der Waals surface area (Å²) in [5.74, 6) is 0. The molecule has 0 aliphatic heterocycles. The molecule has 2 heterocycles. The van der Waals surface area contributed by atoms with Crippen molar-refractivity contribution in [1.29, 1.82) is 0 Å². The van der Waals surface area contributed by atoms with E-state index in [4.69, 9.17) is 0 Å². The van der Waals surface area contributed by atoms with Crippen LogP contribution < -0.4 is 4.72 Å². The minimum absolute atomic E-state index is 0.223. The van der Waals surface area contributed by atoms with Gasteiger partial charge in [-0.05, 0) is 29.8 Å². The topological polar surface area (TPSA) is 81.8 Å². The lowest BCUT2D eigenvalue weighted by Crippen LogP contribution is -2.27. The number of hydrogen-bond acceptors (Lipinski definition) is 4. The van der Waals surface area contributed by atoms with Crippen molar-refractivity contribution in [3.05, 3.63) is 28.8 Å². The molecule has 0 spiro atoms. The zero-order valence-electron chi connectivity index (χ0n) is 11.2. The molecule has 0 amide bonds. The van der Waals surface area contributed by atoms with Gasteiger partial charge in [-0.25, -0.2) is 13.1 Å². The molecule has 2 aromatic heterocycles. The Morgan fingerprint density at radius 2 is 2.10 bits per heavy atom. The number of rotatable bonds is 6. The standard InChI is InChI=1S/C11H16BrN5O2S/c1-3-16-8-11(9(2)15-16)20(18,19)14-4-5-17-7-10(12)6-13-17/h6-8,14H,3-5H2,1-2H3. The van der Waals surface area contributed by atoms with Gasteiger partial charge in [0.2, 0.25) is 10.0 Å². The Hall–Kier alpha value is -1.19. The first kappa shape index (κ1) is 15.2. The molecule has 2 aromatic rings. The Morgan fingerprint density at radius 3 is 2.65 bits per heavy atom. The normalized spacial score (nSPS) is 11.9. The number of aryl methyl sites for hydroxylation is 2. The molecule has 0 aromatic carbocycles. The summed E-state index contributed by atoms with van der Waals surface area (Å²) in [4.78, 5) is 0.223. The molecule has 0 aliphatic carbocycles. The molecule has 0 unspecified atom stereocenters.